The van der Waals surface area contributed by atoms with Gasteiger partial charge in [0.2, 0.25) is 17.6 Å². The number of carbonyl (C=O) groups excluding carboxylic acids is 1. The first-order valence-corrected chi connectivity index (χ1v) is 10.6. The Balaban J connectivity index is 1.45. The number of nitrogens with zero attached hydrogens (tertiary/aromatic N) is 4. The van der Waals surface area contributed by atoms with Gasteiger partial charge in [-0.3, -0.25) is 9.78 Å². The van der Waals surface area contributed by atoms with Gasteiger partial charge in [0, 0.05) is 18.9 Å². The Hall–Kier alpha value is -4.01. The van der Waals surface area contributed by atoms with Crippen LogP contribution in [0.2, 0.25) is 0 Å². The monoisotopic (exact) mass is 464 g/mol. The molecule has 0 aliphatic carbocycles. The Labute approximate surface area is 193 Å². The van der Waals surface area contributed by atoms with Crippen molar-refractivity contribution in [2.45, 2.75) is 24.6 Å². The van der Waals surface area contributed by atoms with E-state index < -0.39 is 17.2 Å². The molecule has 1 aliphatic heterocycles. The van der Waals surface area contributed by atoms with Crippen molar-refractivity contribution in [1.29, 1.82) is 0 Å². The average molecular weight is 464 g/mol. The summed E-state index contributed by atoms with van der Waals surface area (Å²) in [7, 11) is 0. The summed E-state index contributed by atoms with van der Waals surface area (Å²) in [6.07, 6.45) is -1.94. The van der Waals surface area contributed by atoms with Gasteiger partial charge in [0.05, 0.1) is 11.1 Å². The molecule has 0 radical (unpaired) electrons. The van der Waals surface area contributed by atoms with E-state index in [2.05, 4.69) is 15.1 Å². The molecule has 2 aromatic heterocycles. The molecular formula is C25H19F3N4O2. The lowest BCUT2D eigenvalue weighted by atomic mass is 9.73. The summed E-state index contributed by atoms with van der Waals surface area (Å²) in [6.45, 7) is 0.426. The fourth-order valence-electron chi connectivity index (χ4n) is 4.49. The number of halogens is 3. The molecule has 1 fully saturated rings. The van der Waals surface area contributed by atoms with Crippen LogP contribution in [0, 0.1) is 0 Å². The molecule has 1 saturated heterocycles. The van der Waals surface area contributed by atoms with E-state index in [1.54, 1.807) is 4.90 Å². The van der Waals surface area contributed by atoms with Gasteiger partial charge in [-0.15, -0.1) is 0 Å². The Morgan fingerprint density at radius 3 is 2.24 bits per heavy atom. The number of rotatable bonds is 5. The number of pyridine rings is 1. The van der Waals surface area contributed by atoms with Gasteiger partial charge in [0.15, 0.2) is 0 Å². The Kier molecular flexibility index (Phi) is 5.39. The van der Waals surface area contributed by atoms with Crippen LogP contribution >= 0.6 is 0 Å². The molecule has 0 saturated carbocycles. The number of carbonyl (C=O) groups is 1. The third kappa shape index (κ3) is 3.72. The zero-order valence-corrected chi connectivity index (χ0v) is 17.9. The summed E-state index contributed by atoms with van der Waals surface area (Å²) in [4.78, 5) is 23.3. The Bertz CT molecular complexity index is 1270. The van der Waals surface area contributed by atoms with Crippen molar-refractivity contribution >= 4 is 5.91 Å². The highest BCUT2D eigenvalue weighted by molar-refractivity contribution is 5.94. The zero-order valence-electron chi connectivity index (χ0n) is 17.9. The number of alkyl halides is 3. The highest BCUT2D eigenvalue weighted by atomic mass is 19.4. The van der Waals surface area contributed by atoms with Crippen LogP contribution < -0.4 is 0 Å². The molecule has 1 amide bonds. The minimum atomic E-state index is -4.59. The number of likely N-dealkylation sites (tertiary alicyclic amines) is 1. The molecule has 0 spiro atoms. The second-order valence-electron chi connectivity index (χ2n) is 8.04. The van der Waals surface area contributed by atoms with Gasteiger partial charge in [-0.05, 0) is 23.6 Å². The van der Waals surface area contributed by atoms with Crippen molar-refractivity contribution in [3.8, 4) is 11.4 Å². The molecule has 34 heavy (non-hydrogen) atoms. The fraction of sp³-hybridized carbons (Fsp3) is 0.200. The highest BCUT2D eigenvalue weighted by Gasteiger charge is 2.49. The highest BCUT2D eigenvalue weighted by Crippen LogP contribution is 2.42. The maximum absolute atomic E-state index is 13.8. The summed E-state index contributed by atoms with van der Waals surface area (Å²) in [5.41, 5.74) is -0.284. The van der Waals surface area contributed by atoms with Crippen molar-refractivity contribution in [1.82, 2.24) is 20.0 Å². The fourth-order valence-corrected chi connectivity index (χ4v) is 4.49. The zero-order chi connectivity index (χ0) is 23.8. The third-order valence-corrected chi connectivity index (χ3v) is 6.10. The molecule has 1 aliphatic rings. The summed E-state index contributed by atoms with van der Waals surface area (Å²) in [5, 5.41) is 3.72. The van der Waals surface area contributed by atoms with Gasteiger partial charge in [-0.2, -0.15) is 18.2 Å². The second-order valence-corrected chi connectivity index (χ2v) is 8.04. The van der Waals surface area contributed by atoms with Gasteiger partial charge in [0.1, 0.15) is 12.0 Å². The number of hydrogen-bond acceptors (Lipinski definition) is 5. The number of hydrogen-bond donors (Lipinski definition) is 0. The first-order valence-electron chi connectivity index (χ1n) is 10.6. The first-order chi connectivity index (χ1) is 16.4. The molecule has 0 atom stereocenters. The topological polar surface area (TPSA) is 72.1 Å². The van der Waals surface area contributed by atoms with Gasteiger partial charge < -0.3 is 9.42 Å². The van der Waals surface area contributed by atoms with Gasteiger partial charge >= 0.3 is 6.18 Å². The van der Waals surface area contributed by atoms with Crippen molar-refractivity contribution in [2.75, 3.05) is 6.54 Å². The van der Waals surface area contributed by atoms with Crippen LogP contribution in [0.25, 0.3) is 11.4 Å². The van der Waals surface area contributed by atoms with E-state index >= 15 is 0 Å². The van der Waals surface area contributed by atoms with Crippen molar-refractivity contribution in [2.24, 2.45) is 0 Å². The van der Waals surface area contributed by atoms with E-state index in [1.807, 2.05) is 60.7 Å². The van der Waals surface area contributed by atoms with E-state index in [-0.39, 0.29) is 29.7 Å². The quantitative estimate of drug-likeness (QED) is 0.422. The molecule has 172 valence electrons. The van der Waals surface area contributed by atoms with Gasteiger partial charge in [-0.25, -0.2) is 0 Å². The minimum Gasteiger partial charge on any atom is -0.337 e. The maximum atomic E-state index is 13.8. The van der Waals surface area contributed by atoms with Crippen LogP contribution in [0.15, 0.2) is 83.6 Å². The predicted octanol–water partition coefficient (Wildman–Crippen LogP) is 4.87. The van der Waals surface area contributed by atoms with Gasteiger partial charge in [-0.1, -0.05) is 65.8 Å². The van der Waals surface area contributed by atoms with Crippen molar-refractivity contribution in [3.63, 3.8) is 0 Å². The maximum Gasteiger partial charge on any atom is 0.417 e. The number of amides is 1. The van der Waals surface area contributed by atoms with Crippen LogP contribution in [0.5, 0.6) is 0 Å². The smallest absolute Gasteiger partial charge is 0.337 e. The standard InChI is InChI=1S/C25H19F3N4O2/c26-25(27,28)20-11-13-29-15-19(20)22-30-21(34-31-22)16-32-14-12-24(23(32)33,17-7-3-1-4-8-17)18-9-5-2-6-10-18/h1-11,13,15H,12,14,16H2. The van der Waals surface area contributed by atoms with Crippen LogP contribution in [0.1, 0.15) is 29.0 Å². The van der Waals surface area contributed by atoms with E-state index in [9.17, 15) is 18.0 Å². The summed E-state index contributed by atoms with van der Waals surface area (Å²) < 4.78 is 45.3. The van der Waals surface area contributed by atoms with Gasteiger partial charge in [0.25, 0.3) is 0 Å². The molecule has 6 nitrogen and oxygen atoms in total. The van der Waals surface area contributed by atoms with Crippen LogP contribution in [-0.2, 0) is 22.9 Å². The lowest BCUT2D eigenvalue weighted by Gasteiger charge is -2.29. The molecule has 3 heterocycles. The molecule has 0 N–H and O–H groups in total. The molecular weight excluding hydrogens is 445 g/mol. The number of aromatic nitrogens is 3. The van der Waals surface area contributed by atoms with E-state index in [0.717, 1.165) is 29.6 Å². The third-order valence-electron chi connectivity index (χ3n) is 6.10. The largest absolute Gasteiger partial charge is 0.417 e. The van der Waals surface area contributed by atoms with Crippen LogP contribution in [0.4, 0.5) is 13.2 Å². The predicted molar refractivity (Wildman–Crippen MR) is 116 cm³/mol. The Morgan fingerprint density at radius 1 is 0.971 bits per heavy atom. The minimum absolute atomic E-state index is 0.00510. The summed E-state index contributed by atoms with van der Waals surface area (Å²) in [5.74, 6) is -0.293. The van der Waals surface area contributed by atoms with E-state index in [4.69, 9.17) is 4.52 Å². The van der Waals surface area contributed by atoms with Crippen molar-refractivity contribution in [3.05, 3.63) is 102 Å². The van der Waals surface area contributed by atoms with Crippen LogP contribution in [0.3, 0.4) is 0 Å². The summed E-state index contributed by atoms with van der Waals surface area (Å²) >= 11 is 0. The lowest BCUT2D eigenvalue weighted by Crippen LogP contribution is -2.38. The SMILES string of the molecule is O=C1N(Cc2nc(-c3cnccc3C(F)(F)F)no2)CCC1(c1ccccc1)c1ccccc1. The molecule has 9 heteroatoms. The van der Waals surface area contributed by atoms with Crippen molar-refractivity contribution < 1.29 is 22.5 Å². The number of benzene rings is 2. The molecule has 5 rings (SSSR count). The lowest BCUT2D eigenvalue weighted by molar-refractivity contribution is -0.137. The first kappa shape index (κ1) is 21.8. The van der Waals surface area contributed by atoms with Crippen LogP contribution in [-0.4, -0.2) is 32.5 Å². The molecule has 2 aromatic carbocycles. The molecule has 4 aromatic rings. The van der Waals surface area contributed by atoms with E-state index in [0.29, 0.717) is 13.0 Å². The van der Waals surface area contributed by atoms with E-state index in [1.165, 1.54) is 0 Å². The molecule has 0 bridgehead atoms. The average Bonchev–Trinajstić information content (AvgIpc) is 3.45. The molecule has 0 unspecified atom stereocenters. The second kappa shape index (κ2) is 8.40. The summed E-state index contributed by atoms with van der Waals surface area (Å²) in [6, 6.07) is 20.0. The Morgan fingerprint density at radius 2 is 1.62 bits per heavy atom. The normalized spacial score (nSPS) is 15.6.